The third-order valence-corrected chi connectivity index (χ3v) is 7.25. The summed E-state index contributed by atoms with van der Waals surface area (Å²) in [4.78, 5) is 39.2. The number of aryl methyl sites for hydroxylation is 1. The van der Waals surface area contributed by atoms with Crippen molar-refractivity contribution in [2.45, 2.75) is 32.1 Å². The Bertz CT molecular complexity index is 1510. The van der Waals surface area contributed by atoms with Gasteiger partial charge in [-0.05, 0) is 73.2 Å². The molecule has 8 heteroatoms. The summed E-state index contributed by atoms with van der Waals surface area (Å²) < 4.78 is 10.4. The maximum Gasteiger partial charge on any atom is 0.337 e. The molecule has 1 aromatic heterocycles. The summed E-state index contributed by atoms with van der Waals surface area (Å²) in [7, 11) is 1.33. The molecule has 1 aliphatic rings. The third-order valence-electron chi connectivity index (χ3n) is 7.25. The van der Waals surface area contributed by atoms with Crippen molar-refractivity contribution in [2.75, 3.05) is 25.5 Å². The number of nitrogens with one attached hydrogen (secondary N) is 1. The summed E-state index contributed by atoms with van der Waals surface area (Å²) in [6.45, 7) is 3.06. The number of benzene rings is 3. The molecule has 1 fully saturated rings. The van der Waals surface area contributed by atoms with Crippen LogP contribution in [0.15, 0.2) is 71.1 Å². The van der Waals surface area contributed by atoms with Gasteiger partial charge >= 0.3 is 5.97 Å². The molecule has 2 N–H and O–H groups in total. The number of fused-ring (bicyclic) bond motifs is 1. The van der Waals surface area contributed by atoms with Gasteiger partial charge in [0.1, 0.15) is 17.1 Å². The first kappa shape index (κ1) is 26.0. The minimum Gasteiger partial charge on any atom is -0.508 e. The molecule has 0 radical (unpaired) electrons. The van der Waals surface area contributed by atoms with Gasteiger partial charge in [0.05, 0.1) is 24.7 Å². The number of phenolic OH excluding ortho intramolecular Hbond substituents is 1. The van der Waals surface area contributed by atoms with Crippen LogP contribution in [0.5, 0.6) is 5.75 Å². The molecule has 0 saturated carbocycles. The minimum absolute atomic E-state index is 0.0478. The lowest BCUT2D eigenvalue weighted by molar-refractivity contribution is -0.115. The highest BCUT2D eigenvalue weighted by Crippen LogP contribution is 2.33. The van der Waals surface area contributed by atoms with Gasteiger partial charge in [0, 0.05) is 30.2 Å². The van der Waals surface area contributed by atoms with Crippen molar-refractivity contribution < 1.29 is 28.6 Å². The fraction of sp³-hybridized carbons (Fsp3) is 0.258. The van der Waals surface area contributed by atoms with E-state index in [1.807, 2.05) is 29.2 Å². The first-order valence-corrected chi connectivity index (χ1v) is 12.9. The number of phenols is 1. The van der Waals surface area contributed by atoms with Crippen molar-refractivity contribution in [3.05, 3.63) is 94.7 Å². The number of nitrogens with zero attached hydrogens (tertiary/aromatic N) is 1. The zero-order valence-electron chi connectivity index (χ0n) is 21.9. The number of likely N-dealkylation sites (tertiary alicyclic amines) is 1. The number of rotatable bonds is 6. The molecule has 3 aromatic carbocycles. The Morgan fingerprint density at radius 1 is 1.00 bits per heavy atom. The van der Waals surface area contributed by atoms with Crippen molar-refractivity contribution >= 4 is 34.4 Å². The van der Waals surface area contributed by atoms with Crippen molar-refractivity contribution in [1.82, 2.24) is 4.90 Å². The minimum atomic E-state index is -0.410. The van der Waals surface area contributed by atoms with Crippen molar-refractivity contribution in [3.8, 4) is 5.75 Å². The fourth-order valence-electron chi connectivity index (χ4n) is 5.15. The number of piperidine rings is 1. The number of ether oxygens (including phenoxy) is 1. The average molecular weight is 527 g/mol. The molecule has 2 amide bonds. The number of hydrogen-bond donors (Lipinski definition) is 2. The first-order valence-electron chi connectivity index (χ1n) is 12.9. The number of amides is 2. The highest BCUT2D eigenvalue weighted by atomic mass is 16.5. The number of aromatic hydroxyl groups is 1. The number of hydrogen-bond acceptors (Lipinski definition) is 6. The van der Waals surface area contributed by atoms with Gasteiger partial charge in [0.15, 0.2) is 0 Å². The van der Waals surface area contributed by atoms with Crippen molar-refractivity contribution in [1.29, 1.82) is 0 Å². The van der Waals surface area contributed by atoms with E-state index in [-0.39, 0.29) is 24.0 Å². The molecule has 0 unspecified atom stereocenters. The summed E-state index contributed by atoms with van der Waals surface area (Å²) in [6.07, 6.45) is 1.88. The highest BCUT2D eigenvalue weighted by molar-refractivity contribution is 6.07. The normalized spacial score (nSPS) is 13.8. The van der Waals surface area contributed by atoms with Gasteiger partial charge in [-0.3, -0.25) is 9.59 Å². The van der Waals surface area contributed by atoms with E-state index in [4.69, 9.17) is 9.15 Å². The summed E-state index contributed by atoms with van der Waals surface area (Å²) in [5.74, 6) is 0.385. The SMILES string of the molecule is COC(=O)c1ccc(CC(=O)Nc2ccc(C3CCN(C(=O)c4c(C)oc5cc(O)ccc45)CC3)cc2)cc1. The molecule has 5 rings (SSSR count). The lowest BCUT2D eigenvalue weighted by Gasteiger charge is -2.32. The van der Waals surface area contributed by atoms with E-state index >= 15 is 0 Å². The van der Waals surface area contributed by atoms with Gasteiger partial charge in [-0.25, -0.2) is 4.79 Å². The number of carbonyl (C=O) groups excluding carboxylic acids is 3. The van der Waals surface area contributed by atoms with Crippen LogP contribution >= 0.6 is 0 Å². The molecule has 0 spiro atoms. The van der Waals surface area contributed by atoms with Gasteiger partial charge in [-0.2, -0.15) is 0 Å². The van der Waals surface area contributed by atoms with Crippen LogP contribution < -0.4 is 5.32 Å². The molecule has 39 heavy (non-hydrogen) atoms. The summed E-state index contributed by atoms with van der Waals surface area (Å²) >= 11 is 0. The van der Waals surface area contributed by atoms with Crippen LogP contribution in [0.25, 0.3) is 11.0 Å². The Labute approximate surface area is 226 Å². The van der Waals surface area contributed by atoms with E-state index in [0.29, 0.717) is 46.9 Å². The van der Waals surface area contributed by atoms with Gasteiger partial charge in [-0.1, -0.05) is 24.3 Å². The number of anilines is 1. The van der Waals surface area contributed by atoms with E-state index < -0.39 is 5.97 Å². The molecule has 4 aromatic rings. The Morgan fingerprint density at radius 3 is 2.36 bits per heavy atom. The molecular weight excluding hydrogens is 496 g/mol. The van der Waals surface area contributed by atoms with Crippen LogP contribution in [0.3, 0.4) is 0 Å². The smallest absolute Gasteiger partial charge is 0.337 e. The van der Waals surface area contributed by atoms with Crippen LogP contribution in [-0.2, 0) is 16.0 Å². The first-order chi connectivity index (χ1) is 18.8. The molecule has 1 aliphatic heterocycles. The van der Waals surface area contributed by atoms with Gasteiger partial charge in [-0.15, -0.1) is 0 Å². The largest absolute Gasteiger partial charge is 0.508 e. The second-order valence-corrected chi connectivity index (χ2v) is 9.82. The number of carbonyl (C=O) groups is 3. The number of esters is 1. The lowest BCUT2D eigenvalue weighted by Crippen LogP contribution is -2.38. The molecule has 8 nitrogen and oxygen atoms in total. The maximum absolute atomic E-state index is 13.3. The molecule has 0 aliphatic carbocycles. The van der Waals surface area contributed by atoms with Gasteiger partial charge in [0.2, 0.25) is 5.91 Å². The molecule has 0 atom stereocenters. The Kier molecular flexibility index (Phi) is 7.36. The Balaban J connectivity index is 1.15. The predicted molar refractivity (Wildman–Crippen MR) is 147 cm³/mol. The topological polar surface area (TPSA) is 109 Å². The number of furan rings is 1. The highest BCUT2D eigenvalue weighted by Gasteiger charge is 2.28. The zero-order valence-corrected chi connectivity index (χ0v) is 21.9. The van der Waals surface area contributed by atoms with Crippen LogP contribution in [-0.4, -0.2) is 48.0 Å². The molecular formula is C31H30N2O6. The monoisotopic (exact) mass is 526 g/mol. The van der Waals surface area contributed by atoms with Crippen LogP contribution in [0.4, 0.5) is 5.69 Å². The Morgan fingerprint density at radius 2 is 1.69 bits per heavy atom. The second kappa shape index (κ2) is 11.0. The molecule has 200 valence electrons. The number of methoxy groups -OCH3 is 1. The quantitative estimate of drug-likeness (QED) is 0.324. The van der Waals surface area contributed by atoms with E-state index in [9.17, 15) is 19.5 Å². The van der Waals surface area contributed by atoms with Gasteiger partial charge < -0.3 is 24.5 Å². The van der Waals surface area contributed by atoms with E-state index in [1.165, 1.54) is 18.7 Å². The molecule has 2 heterocycles. The van der Waals surface area contributed by atoms with Crippen molar-refractivity contribution in [2.24, 2.45) is 0 Å². The van der Waals surface area contributed by atoms with Crippen LogP contribution in [0, 0.1) is 6.92 Å². The van der Waals surface area contributed by atoms with E-state index in [2.05, 4.69) is 5.32 Å². The standard InChI is InChI=1S/C31H30N2O6/c1-19-29(26-12-11-25(34)18-27(26)39-19)30(36)33-15-13-22(14-16-33)21-7-9-24(10-8-21)32-28(35)17-20-3-5-23(6-4-20)31(37)38-2/h3-12,18,22,34H,13-17H2,1-2H3,(H,32,35). The zero-order chi connectivity index (χ0) is 27.5. The molecule has 1 saturated heterocycles. The third kappa shape index (κ3) is 5.65. The van der Waals surface area contributed by atoms with Gasteiger partial charge in [0.25, 0.3) is 5.91 Å². The van der Waals surface area contributed by atoms with Crippen LogP contribution in [0.1, 0.15) is 56.4 Å². The average Bonchev–Trinajstić information content (AvgIpc) is 3.27. The Hall–Kier alpha value is -4.59. The fourth-order valence-corrected chi connectivity index (χ4v) is 5.15. The molecule has 0 bridgehead atoms. The summed E-state index contributed by atoms with van der Waals surface area (Å²) in [5, 5.41) is 13.4. The second-order valence-electron chi connectivity index (χ2n) is 9.82. The predicted octanol–water partition coefficient (Wildman–Crippen LogP) is 5.43. The maximum atomic E-state index is 13.3. The van der Waals surface area contributed by atoms with Crippen molar-refractivity contribution in [3.63, 3.8) is 0 Å². The summed E-state index contributed by atoms with van der Waals surface area (Å²) in [5.41, 5.74) is 4.21. The van der Waals surface area contributed by atoms with Crippen LogP contribution in [0.2, 0.25) is 0 Å². The summed E-state index contributed by atoms with van der Waals surface area (Å²) in [6, 6.07) is 19.5. The van der Waals surface area contributed by atoms with E-state index in [0.717, 1.165) is 24.1 Å². The van der Waals surface area contributed by atoms with E-state index in [1.54, 1.807) is 43.3 Å². The lowest BCUT2D eigenvalue weighted by atomic mass is 9.89.